The number of hydrogen-bond donors (Lipinski definition) is 1. The molecule has 6 heteroatoms. The van der Waals surface area contributed by atoms with Gasteiger partial charge in [-0.05, 0) is 18.2 Å². The maximum absolute atomic E-state index is 13.4. The van der Waals surface area contributed by atoms with E-state index in [1.54, 1.807) is 13.1 Å². The zero-order valence-electron chi connectivity index (χ0n) is 11.1. The van der Waals surface area contributed by atoms with E-state index in [0.29, 0.717) is 5.02 Å². The first-order chi connectivity index (χ1) is 10.2. The van der Waals surface area contributed by atoms with Crippen LogP contribution in [0.1, 0.15) is 0 Å². The fraction of sp³-hybridized carbons (Fsp3) is 0.0667. The van der Waals surface area contributed by atoms with Crippen LogP contribution in [0, 0.1) is 5.95 Å². The van der Waals surface area contributed by atoms with Crippen molar-refractivity contribution in [3.05, 3.63) is 53.6 Å². The van der Waals surface area contributed by atoms with Gasteiger partial charge < -0.3 is 5.32 Å². The van der Waals surface area contributed by atoms with Crippen molar-refractivity contribution in [1.29, 1.82) is 0 Å². The van der Waals surface area contributed by atoms with Gasteiger partial charge in [-0.15, -0.1) is 0 Å². The fourth-order valence-corrected chi connectivity index (χ4v) is 3.13. The maximum Gasteiger partial charge on any atom is 0.213 e. The van der Waals surface area contributed by atoms with Gasteiger partial charge >= 0.3 is 0 Å². The van der Waals surface area contributed by atoms with Crippen LogP contribution in [-0.2, 0) is 0 Å². The molecule has 0 unspecified atom stereocenters. The third kappa shape index (κ3) is 2.89. The second-order valence-corrected chi connectivity index (χ2v) is 5.76. The van der Waals surface area contributed by atoms with E-state index in [-0.39, 0.29) is 0 Å². The van der Waals surface area contributed by atoms with E-state index < -0.39 is 5.95 Å². The van der Waals surface area contributed by atoms with Crippen molar-refractivity contribution in [2.45, 2.75) is 0 Å². The summed E-state index contributed by atoms with van der Waals surface area (Å²) in [6, 6.07) is 10.6. The second kappa shape index (κ2) is 5.79. The molecule has 0 atom stereocenters. The van der Waals surface area contributed by atoms with Crippen molar-refractivity contribution in [2.24, 2.45) is 0 Å². The number of benzene rings is 1. The smallest absolute Gasteiger partial charge is 0.213 e. The van der Waals surface area contributed by atoms with Crippen LogP contribution < -0.4 is 5.32 Å². The van der Waals surface area contributed by atoms with Crippen LogP contribution in [0.15, 0.2) is 42.6 Å². The van der Waals surface area contributed by atoms with Crippen LogP contribution in [0.3, 0.4) is 0 Å². The molecule has 0 saturated heterocycles. The Hall–Kier alpha value is -1.98. The minimum absolute atomic E-state index is 0.510. The van der Waals surface area contributed by atoms with Gasteiger partial charge in [0.1, 0.15) is 0 Å². The van der Waals surface area contributed by atoms with Crippen LogP contribution in [-0.4, -0.2) is 17.0 Å². The van der Waals surface area contributed by atoms with Crippen molar-refractivity contribution < 1.29 is 4.39 Å². The second-order valence-electron chi connectivity index (χ2n) is 4.32. The Bertz CT molecular complexity index is 725. The van der Waals surface area contributed by atoms with E-state index in [1.807, 2.05) is 24.3 Å². The third-order valence-corrected chi connectivity index (χ3v) is 4.28. The SMILES string of the molecule is CNc1nc(-c2cccc(Cl)c2)c(-c2ccnc(F)c2)s1. The van der Waals surface area contributed by atoms with Crippen molar-refractivity contribution in [1.82, 2.24) is 9.97 Å². The predicted octanol–water partition coefficient (Wildman–Crippen LogP) is 4.71. The summed E-state index contributed by atoms with van der Waals surface area (Å²) in [4.78, 5) is 9.02. The van der Waals surface area contributed by atoms with Crippen LogP contribution in [0.4, 0.5) is 9.52 Å². The summed E-state index contributed by atoms with van der Waals surface area (Å²) in [6.07, 6.45) is 1.45. The minimum Gasteiger partial charge on any atom is -0.365 e. The van der Waals surface area contributed by atoms with Crippen molar-refractivity contribution >= 4 is 28.1 Å². The molecule has 0 aliphatic heterocycles. The Kier molecular flexibility index (Phi) is 3.86. The van der Waals surface area contributed by atoms with E-state index >= 15 is 0 Å². The molecule has 1 aromatic carbocycles. The highest BCUT2D eigenvalue weighted by atomic mass is 35.5. The quantitative estimate of drug-likeness (QED) is 0.711. The van der Waals surface area contributed by atoms with E-state index in [4.69, 9.17) is 11.6 Å². The lowest BCUT2D eigenvalue weighted by atomic mass is 10.1. The van der Waals surface area contributed by atoms with E-state index in [2.05, 4.69) is 15.3 Å². The van der Waals surface area contributed by atoms with Gasteiger partial charge in [-0.25, -0.2) is 9.97 Å². The molecule has 0 amide bonds. The van der Waals surface area contributed by atoms with Gasteiger partial charge in [0.15, 0.2) is 5.13 Å². The largest absolute Gasteiger partial charge is 0.365 e. The maximum atomic E-state index is 13.4. The molecule has 0 radical (unpaired) electrons. The van der Waals surface area contributed by atoms with Gasteiger partial charge in [-0.1, -0.05) is 35.1 Å². The van der Waals surface area contributed by atoms with Crippen molar-refractivity contribution in [2.75, 3.05) is 12.4 Å². The number of hydrogen-bond acceptors (Lipinski definition) is 4. The number of rotatable bonds is 3. The highest BCUT2D eigenvalue weighted by Gasteiger charge is 2.15. The molecule has 3 aromatic rings. The minimum atomic E-state index is -0.510. The molecule has 3 rings (SSSR count). The summed E-state index contributed by atoms with van der Waals surface area (Å²) in [6.45, 7) is 0. The molecule has 21 heavy (non-hydrogen) atoms. The topological polar surface area (TPSA) is 37.8 Å². The lowest BCUT2D eigenvalue weighted by molar-refractivity contribution is 0.584. The molecule has 0 aliphatic rings. The average Bonchev–Trinajstić information content (AvgIpc) is 2.91. The highest BCUT2D eigenvalue weighted by molar-refractivity contribution is 7.19. The first-order valence-corrected chi connectivity index (χ1v) is 7.43. The molecule has 3 nitrogen and oxygen atoms in total. The average molecular weight is 320 g/mol. The van der Waals surface area contributed by atoms with Gasteiger partial charge in [-0.3, -0.25) is 0 Å². The summed E-state index contributed by atoms with van der Waals surface area (Å²) in [5.41, 5.74) is 2.42. The summed E-state index contributed by atoms with van der Waals surface area (Å²) in [7, 11) is 1.80. The molecular weight excluding hydrogens is 309 g/mol. The Morgan fingerprint density at radius 3 is 2.76 bits per heavy atom. The first-order valence-electron chi connectivity index (χ1n) is 6.24. The molecular formula is C15H11ClFN3S. The number of aromatic nitrogens is 2. The van der Waals surface area contributed by atoms with Crippen LogP contribution in [0.25, 0.3) is 21.7 Å². The zero-order chi connectivity index (χ0) is 14.8. The van der Waals surface area contributed by atoms with Gasteiger partial charge in [0.05, 0.1) is 10.6 Å². The number of pyridine rings is 1. The van der Waals surface area contributed by atoms with Crippen molar-refractivity contribution in [3.8, 4) is 21.7 Å². The monoisotopic (exact) mass is 319 g/mol. The standard InChI is InChI=1S/C15H11ClFN3S/c1-18-15-20-13(9-3-2-4-11(16)7-9)14(21-15)10-5-6-19-12(17)8-10/h2-8H,1H3,(H,18,20). The number of halogens is 2. The number of nitrogens with zero attached hydrogens (tertiary/aromatic N) is 2. The normalized spacial score (nSPS) is 10.6. The molecule has 2 aromatic heterocycles. The molecule has 0 spiro atoms. The Morgan fingerprint density at radius 1 is 1.19 bits per heavy atom. The molecule has 0 aliphatic carbocycles. The van der Waals surface area contributed by atoms with Crippen LogP contribution >= 0.6 is 22.9 Å². The van der Waals surface area contributed by atoms with Gasteiger partial charge in [0.2, 0.25) is 5.95 Å². The number of nitrogens with one attached hydrogen (secondary N) is 1. The fourth-order valence-electron chi connectivity index (χ4n) is 2.00. The summed E-state index contributed by atoms with van der Waals surface area (Å²) >= 11 is 7.51. The number of thiazole rings is 1. The molecule has 0 bridgehead atoms. The van der Waals surface area contributed by atoms with Gasteiger partial charge in [-0.2, -0.15) is 4.39 Å². The van der Waals surface area contributed by atoms with Gasteiger partial charge in [0.25, 0.3) is 0 Å². The molecule has 106 valence electrons. The molecule has 1 N–H and O–H groups in total. The Morgan fingerprint density at radius 2 is 2.05 bits per heavy atom. The Balaban J connectivity index is 2.18. The first kappa shape index (κ1) is 14.0. The predicted molar refractivity (Wildman–Crippen MR) is 85.3 cm³/mol. The van der Waals surface area contributed by atoms with Crippen LogP contribution in [0.5, 0.6) is 0 Å². The molecule has 2 heterocycles. The Labute approximate surface area is 130 Å². The summed E-state index contributed by atoms with van der Waals surface area (Å²) in [5.74, 6) is -0.510. The molecule has 0 saturated carbocycles. The third-order valence-electron chi connectivity index (χ3n) is 2.93. The highest BCUT2D eigenvalue weighted by Crippen LogP contribution is 2.39. The molecule has 0 fully saturated rings. The summed E-state index contributed by atoms with van der Waals surface area (Å²) in [5, 5.41) is 4.42. The number of anilines is 1. The zero-order valence-corrected chi connectivity index (χ0v) is 12.7. The summed E-state index contributed by atoms with van der Waals surface area (Å²) < 4.78 is 13.4. The lowest BCUT2D eigenvalue weighted by Crippen LogP contribution is -1.87. The van der Waals surface area contributed by atoms with E-state index in [0.717, 1.165) is 26.8 Å². The van der Waals surface area contributed by atoms with Crippen molar-refractivity contribution in [3.63, 3.8) is 0 Å². The van der Waals surface area contributed by atoms with Gasteiger partial charge in [0, 0.05) is 35.5 Å². The lowest BCUT2D eigenvalue weighted by Gasteiger charge is -2.03. The van der Waals surface area contributed by atoms with E-state index in [1.165, 1.54) is 23.6 Å². The van der Waals surface area contributed by atoms with E-state index in [9.17, 15) is 4.39 Å². The van der Waals surface area contributed by atoms with Crippen LogP contribution in [0.2, 0.25) is 5.02 Å².